The number of hydrogen-bond acceptors (Lipinski definition) is 5. The molecule has 3 heterocycles. The van der Waals surface area contributed by atoms with Crippen molar-refractivity contribution in [2.75, 3.05) is 13.2 Å². The number of hydrogen-bond donors (Lipinski definition) is 0. The molecule has 160 valence electrons. The van der Waals surface area contributed by atoms with Crippen LogP contribution in [0.5, 0.6) is 11.5 Å². The van der Waals surface area contributed by atoms with Crippen LogP contribution in [0.4, 0.5) is 17.6 Å². The van der Waals surface area contributed by atoms with E-state index in [9.17, 15) is 22.4 Å². The van der Waals surface area contributed by atoms with Gasteiger partial charge in [0, 0.05) is 11.8 Å². The van der Waals surface area contributed by atoms with Gasteiger partial charge in [0.2, 0.25) is 0 Å². The van der Waals surface area contributed by atoms with Crippen LogP contribution in [0.1, 0.15) is 16.1 Å². The first-order valence-corrected chi connectivity index (χ1v) is 9.18. The summed E-state index contributed by atoms with van der Waals surface area (Å²) in [4.78, 5) is 22.7. The second-order valence-corrected chi connectivity index (χ2v) is 6.64. The third-order valence-electron chi connectivity index (χ3n) is 4.56. The molecule has 0 saturated heterocycles. The molecule has 1 amide bonds. The highest BCUT2D eigenvalue weighted by molar-refractivity contribution is 5.98. The molecule has 31 heavy (non-hydrogen) atoms. The molecule has 0 aliphatic carbocycles. The van der Waals surface area contributed by atoms with Crippen molar-refractivity contribution in [3.63, 3.8) is 0 Å². The lowest BCUT2D eigenvalue weighted by molar-refractivity contribution is -0.274. The molecule has 0 saturated carbocycles. The van der Waals surface area contributed by atoms with E-state index in [4.69, 9.17) is 4.74 Å². The Morgan fingerprint density at radius 1 is 1.13 bits per heavy atom. The van der Waals surface area contributed by atoms with Crippen LogP contribution in [0.2, 0.25) is 0 Å². The molecule has 0 fully saturated rings. The van der Waals surface area contributed by atoms with Gasteiger partial charge in [-0.3, -0.25) is 14.8 Å². The molecule has 0 radical (unpaired) electrons. The maximum atomic E-state index is 14.0. The van der Waals surface area contributed by atoms with Gasteiger partial charge in [0.15, 0.2) is 0 Å². The zero-order valence-corrected chi connectivity index (χ0v) is 15.9. The smallest absolute Gasteiger partial charge is 0.489 e. The molecular weight excluding hydrogens is 418 g/mol. The number of carbonyl (C=O) groups is 1. The van der Waals surface area contributed by atoms with Crippen LogP contribution in [0, 0.1) is 5.82 Å². The van der Waals surface area contributed by atoms with E-state index in [0.29, 0.717) is 11.3 Å². The van der Waals surface area contributed by atoms with E-state index < -0.39 is 18.1 Å². The standard InChI is InChI=1S/C21H15F4N3O3/c22-16-2-1-7-26-18(16)12-28-8-9-30-19-11-27-17(10-15(19)20(28)29)13-3-5-14(6-4-13)31-21(23,24)25/h1-7,10-11H,8-9,12H2. The van der Waals surface area contributed by atoms with Crippen LogP contribution < -0.4 is 9.47 Å². The number of halogens is 4. The van der Waals surface area contributed by atoms with Crippen molar-refractivity contribution in [3.8, 4) is 22.8 Å². The third-order valence-corrected chi connectivity index (χ3v) is 4.56. The van der Waals surface area contributed by atoms with Gasteiger partial charge < -0.3 is 14.4 Å². The Labute approximate surface area is 174 Å². The van der Waals surface area contributed by atoms with Crippen LogP contribution in [-0.4, -0.2) is 40.3 Å². The Balaban J connectivity index is 1.60. The number of nitrogens with zero attached hydrogens (tertiary/aromatic N) is 3. The topological polar surface area (TPSA) is 64.6 Å². The second kappa shape index (κ2) is 8.21. The van der Waals surface area contributed by atoms with Crippen LogP contribution in [0.15, 0.2) is 54.9 Å². The fourth-order valence-electron chi connectivity index (χ4n) is 3.11. The fraction of sp³-hybridized carbons (Fsp3) is 0.190. The number of amides is 1. The number of pyridine rings is 2. The molecule has 10 heteroatoms. The maximum Gasteiger partial charge on any atom is 0.573 e. The predicted octanol–water partition coefficient (Wildman–Crippen LogP) is 4.22. The van der Waals surface area contributed by atoms with Gasteiger partial charge >= 0.3 is 6.36 Å². The Morgan fingerprint density at radius 2 is 1.90 bits per heavy atom. The molecule has 4 rings (SSSR count). The molecule has 0 atom stereocenters. The lowest BCUT2D eigenvalue weighted by Crippen LogP contribution is -2.32. The molecule has 0 N–H and O–H groups in total. The average Bonchev–Trinajstić information content (AvgIpc) is 2.88. The Kier molecular flexibility index (Phi) is 5.45. The van der Waals surface area contributed by atoms with Crippen LogP contribution in [0.25, 0.3) is 11.3 Å². The summed E-state index contributed by atoms with van der Waals surface area (Å²) in [5.41, 5.74) is 1.19. The lowest BCUT2D eigenvalue weighted by Gasteiger charge is -2.19. The lowest BCUT2D eigenvalue weighted by atomic mass is 10.1. The van der Waals surface area contributed by atoms with Gasteiger partial charge in [0.1, 0.15) is 23.9 Å². The summed E-state index contributed by atoms with van der Waals surface area (Å²) in [7, 11) is 0. The first-order chi connectivity index (χ1) is 14.8. The number of fused-ring (bicyclic) bond motifs is 1. The largest absolute Gasteiger partial charge is 0.573 e. The van der Waals surface area contributed by atoms with E-state index in [1.54, 1.807) is 0 Å². The van der Waals surface area contributed by atoms with Crippen molar-refractivity contribution in [3.05, 3.63) is 71.9 Å². The van der Waals surface area contributed by atoms with Gasteiger partial charge in [-0.15, -0.1) is 13.2 Å². The summed E-state index contributed by atoms with van der Waals surface area (Å²) in [5.74, 6) is -1.00. The van der Waals surface area contributed by atoms with Crippen LogP contribution in [-0.2, 0) is 6.54 Å². The first kappa shape index (κ1) is 20.6. The Morgan fingerprint density at radius 3 is 2.61 bits per heavy atom. The highest BCUT2D eigenvalue weighted by Crippen LogP contribution is 2.30. The van der Waals surface area contributed by atoms with Crippen molar-refractivity contribution in [2.24, 2.45) is 0 Å². The number of ether oxygens (including phenoxy) is 2. The minimum Gasteiger partial charge on any atom is -0.489 e. The van der Waals surface area contributed by atoms with Crippen molar-refractivity contribution >= 4 is 5.91 Å². The second-order valence-electron chi connectivity index (χ2n) is 6.64. The summed E-state index contributed by atoms with van der Waals surface area (Å²) in [6.45, 7) is 0.384. The highest BCUT2D eigenvalue weighted by atomic mass is 19.4. The molecule has 6 nitrogen and oxygen atoms in total. The van der Waals surface area contributed by atoms with E-state index in [1.807, 2.05) is 0 Å². The van der Waals surface area contributed by atoms with E-state index in [0.717, 1.165) is 12.1 Å². The minimum absolute atomic E-state index is 0.0323. The first-order valence-electron chi connectivity index (χ1n) is 9.18. The van der Waals surface area contributed by atoms with Gasteiger partial charge in [-0.05, 0) is 42.5 Å². The van der Waals surface area contributed by atoms with Crippen LogP contribution in [0.3, 0.4) is 0 Å². The monoisotopic (exact) mass is 433 g/mol. The summed E-state index contributed by atoms with van der Waals surface area (Å²) in [5, 5.41) is 0. The number of alkyl halides is 3. The van der Waals surface area contributed by atoms with Gasteiger partial charge in [-0.25, -0.2) is 4.39 Å². The summed E-state index contributed by atoms with van der Waals surface area (Å²) < 4.78 is 60.4. The Bertz CT molecular complexity index is 1100. The fourth-order valence-corrected chi connectivity index (χ4v) is 3.11. The van der Waals surface area contributed by atoms with E-state index in [1.165, 1.54) is 47.6 Å². The summed E-state index contributed by atoms with van der Waals surface area (Å²) in [6, 6.07) is 9.34. The third kappa shape index (κ3) is 4.73. The molecule has 0 unspecified atom stereocenters. The SMILES string of the molecule is O=C1c2cc(-c3ccc(OC(F)(F)F)cc3)ncc2OCCN1Cc1ncccc1F. The van der Waals surface area contributed by atoms with Crippen molar-refractivity contribution in [2.45, 2.75) is 12.9 Å². The number of carbonyl (C=O) groups excluding carboxylic acids is 1. The maximum absolute atomic E-state index is 14.0. The van der Waals surface area contributed by atoms with Crippen molar-refractivity contribution in [1.29, 1.82) is 0 Å². The number of benzene rings is 1. The molecule has 0 spiro atoms. The van der Waals surface area contributed by atoms with Crippen molar-refractivity contribution in [1.82, 2.24) is 14.9 Å². The van der Waals surface area contributed by atoms with Crippen molar-refractivity contribution < 1.29 is 31.8 Å². The number of rotatable bonds is 4. The molecule has 0 bridgehead atoms. The molecular formula is C21H15F4N3O3. The van der Waals surface area contributed by atoms with E-state index in [-0.39, 0.29) is 42.5 Å². The summed E-state index contributed by atoms with van der Waals surface area (Å²) in [6.07, 6.45) is -1.96. The normalized spacial score (nSPS) is 13.9. The minimum atomic E-state index is -4.79. The van der Waals surface area contributed by atoms with E-state index >= 15 is 0 Å². The van der Waals surface area contributed by atoms with Gasteiger partial charge in [-0.2, -0.15) is 0 Å². The highest BCUT2D eigenvalue weighted by Gasteiger charge is 2.31. The number of aromatic nitrogens is 2. The quantitative estimate of drug-likeness (QED) is 0.577. The van der Waals surface area contributed by atoms with Gasteiger partial charge in [-0.1, -0.05) is 0 Å². The Hall–Kier alpha value is -3.69. The average molecular weight is 433 g/mol. The zero-order chi connectivity index (χ0) is 22.0. The molecule has 1 aliphatic heterocycles. The van der Waals surface area contributed by atoms with E-state index in [2.05, 4.69) is 14.7 Å². The molecule has 2 aromatic heterocycles. The molecule has 1 aromatic carbocycles. The van der Waals surface area contributed by atoms with Crippen LogP contribution >= 0.6 is 0 Å². The van der Waals surface area contributed by atoms with Gasteiger partial charge in [0.05, 0.1) is 36.2 Å². The zero-order valence-electron chi connectivity index (χ0n) is 15.9. The predicted molar refractivity (Wildman–Crippen MR) is 101 cm³/mol. The summed E-state index contributed by atoms with van der Waals surface area (Å²) >= 11 is 0. The van der Waals surface area contributed by atoms with Gasteiger partial charge in [0.25, 0.3) is 5.91 Å². The molecule has 1 aliphatic rings. The molecule has 3 aromatic rings.